The lowest BCUT2D eigenvalue weighted by Crippen LogP contribution is -2.58. The molecule has 19 nitrogen and oxygen atoms in total. The first kappa shape index (κ1) is 49.3. The number of guanidine groups is 1. The lowest BCUT2D eigenvalue weighted by molar-refractivity contribution is -0.142. The van der Waals surface area contributed by atoms with Gasteiger partial charge in [-0.3, -0.25) is 33.8 Å². The van der Waals surface area contributed by atoms with Gasteiger partial charge in [-0.25, -0.2) is 4.79 Å². The van der Waals surface area contributed by atoms with E-state index in [1.807, 2.05) is 13.8 Å². The second-order valence-corrected chi connectivity index (χ2v) is 15.1. The molecule has 3 aromatic carbocycles. The van der Waals surface area contributed by atoms with Crippen molar-refractivity contribution < 1.29 is 43.8 Å². The minimum Gasteiger partial charge on any atom is -0.508 e. The molecule has 19 heteroatoms. The highest BCUT2D eigenvalue weighted by molar-refractivity contribution is 5.96. The number of carbonyl (C=O) groups excluding carboxylic acids is 6. The summed E-state index contributed by atoms with van der Waals surface area (Å²) in [5.74, 6) is -5.80. The fourth-order valence-electron chi connectivity index (χ4n) is 6.17. The zero-order valence-electron chi connectivity index (χ0n) is 34.8. The SMILES string of the molecule is CC(C)C[C@H](NC(=O)[C@H](Cc1ccccc1)NC(=O)CNC(=O)CNC(=O)[C@@H](N)Cc1ccc(O)cc1)C(=O)N[C@@H](CCCN=C(N)N)C(=O)N[C@@H](Cc1ccccc1)C(=O)O. The van der Waals surface area contributed by atoms with Crippen molar-refractivity contribution in [3.05, 3.63) is 102 Å². The first-order chi connectivity index (χ1) is 29.5. The van der Waals surface area contributed by atoms with E-state index in [9.17, 15) is 43.8 Å². The molecule has 0 spiro atoms. The molecule has 334 valence electrons. The predicted octanol–water partition coefficient (Wildman–Crippen LogP) is -0.897. The number of aliphatic carboxylic acids is 1. The van der Waals surface area contributed by atoms with Gasteiger partial charge in [0.2, 0.25) is 35.4 Å². The van der Waals surface area contributed by atoms with Crippen LogP contribution in [0, 0.1) is 5.92 Å². The summed E-state index contributed by atoms with van der Waals surface area (Å²) in [6.45, 7) is 2.73. The number of rotatable bonds is 25. The summed E-state index contributed by atoms with van der Waals surface area (Å²) in [4.78, 5) is 95.8. The number of aliphatic imine (C=N–C) groups is 1. The molecular formula is C43H58N10O9. The van der Waals surface area contributed by atoms with Crippen LogP contribution >= 0.6 is 0 Å². The molecule has 0 heterocycles. The lowest BCUT2D eigenvalue weighted by atomic mass is 10.00. The number of amides is 6. The van der Waals surface area contributed by atoms with Gasteiger partial charge in [-0.1, -0.05) is 86.6 Å². The highest BCUT2D eigenvalue weighted by Gasteiger charge is 2.32. The number of hydrogen-bond acceptors (Lipinski definition) is 10. The molecule has 0 aliphatic heterocycles. The molecule has 3 aromatic rings. The Kier molecular flexibility index (Phi) is 20.3. The Morgan fingerprint density at radius 2 is 1.10 bits per heavy atom. The Hall–Kier alpha value is -7.02. The number of nitrogens with zero attached hydrogens (tertiary/aromatic N) is 1. The maximum absolute atomic E-state index is 13.9. The van der Waals surface area contributed by atoms with E-state index in [0.29, 0.717) is 16.7 Å². The van der Waals surface area contributed by atoms with Crippen molar-refractivity contribution >= 4 is 47.4 Å². The van der Waals surface area contributed by atoms with Crippen molar-refractivity contribution in [3.8, 4) is 5.75 Å². The standard InChI is InChI=1S/C43H58N10O9/c1-26(2)20-33(40(59)51-32(14-9-19-47-43(45)46)39(58)53-35(42(61)62)23-28-12-7-4-8-13-28)52-41(60)34(22-27-10-5-3-6-11-27)50-37(56)25-48-36(55)24-49-38(57)31(44)21-29-15-17-30(54)18-16-29/h3-8,10-13,15-18,26,31-35,54H,9,14,19-25,44H2,1-2H3,(H,48,55)(H,49,57)(H,50,56)(H,51,59)(H,52,60)(H,53,58)(H,61,62)(H4,45,46,47)/t31-,32-,33-,34-,35-/m0/s1. The minimum atomic E-state index is -1.32. The number of carbonyl (C=O) groups is 7. The van der Waals surface area contributed by atoms with Gasteiger partial charge in [0.05, 0.1) is 19.1 Å². The van der Waals surface area contributed by atoms with Crippen LogP contribution in [0.5, 0.6) is 5.75 Å². The second-order valence-electron chi connectivity index (χ2n) is 15.1. The highest BCUT2D eigenvalue weighted by Crippen LogP contribution is 2.12. The molecular weight excluding hydrogens is 801 g/mol. The number of aromatic hydroxyl groups is 1. The fraction of sp³-hybridized carbons (Fsp3) is 0.395. The third-order valence-corrected chi connectivity index (χ3v) is 9.35. The average molecular weight is 859 g/mol. The molecule has 14 N–H and O–H groups in total. The van der Waals surface area contributed by atoms with Crippen LogP contribution in [0.15, 0.2) is 89.9 Å². The minimum absolute atomic E-state index is 0.00513. The average Bonchev–Trinajstić information content (AvgIpc) is 3.23. The molecule has 0 aliphatic carbocycles. The molecule has 62 heavy (non-hydrogen) atoms. The van der Waals surface area contributed by atoms with Crippen molar-refractivity contribution in [2.45, 2.75) is 82.6 Å². The van der Waals surface area contributed by atoms with E-state index in [1.165, 1.54) is 12.1 Å². The number of carboxylic acid groups (broad SMARTS) is 1. The molecule has 0 aromatic heterocycles. The maximum atomic E-state index is 13.9. The van der Waals surface area contributed by atoms with Gasteiger partial charge in [-0.2, -0.15) is 0 Å². The number of hydrogen-bond donors (Lipinski definition) is 11. The summed E-state index contributed by atoms with van der Waals surface area (Å²) < 4.78 is 0. The van der Waals surface area contributed by atoms with E-state index < -0.39 is 84.7 Å². The van der Waals surface area contributed by atoms with Gasteiger partial charge >= 0.3 is 5.97 Å². The second kappa shape index (κ2) is 25.6. The van der Waals surface area contributed by atoms with E-state index in [4.69, 9.17) is 17.2 Å². The van der Waals surface area contributed by atoms with E-state index in [-0.39, 0.29) is 62.7 Å². The smallest absolute Gasteiger partial charge is 0.326 e. The van der Waals surface area contributed by atoms with E-state index in [0.717, 1.165) is 0 Å². The van der Waals surface area contributed by atoms with E-state index in [2.05, 4.69) is 36.9 Å². The first-order valence-electron chi connectivity index (χ1n) is 20.1. The Morgan fingerprint density at radius 3 is 1.66 bits per heavy atom. The summed E-state index contributed by atoms with van der Waals surface area (Å²) in [5, 5.41) is 34.7. The normalized spacial score (nSPS) is 13.2. The summed E-state index contributed by atoms with van der Waals surface area (Å²) in [5.41, 5.74) is 18.9. The van der Waals surface area contributed by atoms with Gasteiger partial charge in [0.1, 0.15) is 29.9 Å². The topological polar surface area (TPSA) is 323 Å². The summed E-state index contributed by atoms with van der Waals surface area (Å²) >= 11 is 0. The van der Waals surface area contributed by atoms with Crippen molar-refractivity contribution in [1.82, 2.24) is 31.9 Å². The fourth-order valence-corrected chi connectivity index (χ4v) is 6.17. The number of phenolic OH excluding ortho intramolecular Hbond substituents is 1. The Bertz CT molecular complexity index is 1980. The van der Waals surface area contributed by atoms with E-state index in [1.54, 1.807) is 72.8 Å². The number of carboxylic acids is 1. The molecule has 5 atom stereocenters. The molecule has 0 saturated heterocycles. The Labute approximate surface area is 360 Å². The molecule has 0 bridgehead atoms. The number of nitrogens with one attached hydrogen (secondary N) is 6. The van der Waals surface area contributed by atoms with Gasteiger partial charge in [-0.15, -0.1) is 0 Å². The van der Waals surface area contributed by atoms with Crippen molar-refractivity contribution in [3.63, 3.8) is 0 Å². The monoisotopic (exact) mass is 858 g/mol. The Balaban J connectivity index is 1.70. The zero-order valence-corrected chi connectivity index (χ0v) is 34.8. The number of benzene rings is 3. The van der Waals surface area contributed by atoms with Crippen LogP contribution in [-0.2, 0) is 52.8 Å². The van der Waals surface area contributed by atoms with Crippen LogP contribution in [0.3, 0.4) is 0 Å². The summed E-state index contributed by atoms with van der Waals surface area (Å²) in [6.07, 6.45) is 0.512. The molecule has 3 rings (SSSR count). The zero-order chi connectivity index (χ0) is 45.6. The lowest BCUT2D eigenvalue weighted by Gasteiger charge is -2.27. The summed E-state index contributed by atoms with van der Waals surface area (Å²) in [6, 6.07) is 17.6. The molecule has 0 fully saturated rings. The van der Waals surface area contributed by atoms with Gasteiger partial charge in [0, 0.05) is 19.4 Å². The molecule has 0 unspecified atom stereocenters. The molecule has 0 aliphatic rings. The molecule has 6 amide bonds. The first-order valence-corrected chi connectivity index (χ1v) is 20.1. The van der Waals surface area contributed by atoms with E-state index >= 15 is 0 Å². The quantitative estimate of drug-likeness (QED) is 0.0281. The summed E-state index contributed by atoms with van der Waals surface area (Å²) in [7, 11) is 0. The largest absolute Gasteiger partial charge is 0.508 e. The Morgan fingerprint density at radius 1 is 0.597 bits per heavy atom. The van der Waals surface area contributed by atoms with Gasteiger partial charge in [0.15, 0.2) is 5.96 Å². The van der Waals surface area contributed by atoms with Crippen LogP contribution in [0.2, 0.25) is 0 Å². The van der Waals surface area contributed by atoms with Gasteiger partial charge in [-0.05, 0) is 60.4 Å². The van der Waals surface area contributed by atoms with Gasteiger partial charge in [0.25, 0.3) is 0 Å². The highest BCUT2D eigenvalue weighted by atomic mass is 16.4. The van der Waals surface area contributed by atoms with Crippen LogP contribution in [-0.4, -0.2) is 107 Å². The maximum Gasteiger partial charge on any atom is 0.326 e. The third kappa shape index (κ3) is 18.5. The number of nitrogens with two attached hydrogens (primary N) is 3. The van der Waals surface area contributed by atoms with Crippen LogP contribution in [0.4, 0.5) is 0 Å². The van der Waals surface area contributed by atoms with Crippen LogP contribution in [0.1, 0.15) is 49.8 Å². The molecule has 0 saturated carbocycles. The van der Waals surface area contributed by atoms with Crippen LogP contribution < -0.4 is 49.1 Å². The van der Waals surface area contributed by atoms with Crippen molar-refractivity contribution in [1.29, 1.82) is 0 Å². The van der Waals surface area contributed by atoms with Crippen LogP contribution in [0.25, 0.3) is 0 Å². The van der Waals surface area contributed by atoms with Gasteiger partial charge < -0.3 is 59.3 Å². The number of phenols is 1. The molecule has 0 radical (unpaired) electrons. The van der Waals surface area contributed by atoms with Crippen molar-refractivity contribution in [2.75, 3.05) is 19.6 Å². The van der Waals surface area contributed by atoms with Crippen molar-refractivity contribution in [2.24, 2.45) is 28.1 Å². The third-order valence-electron chi connectivity index (χ3n) is 9.35. The predicted molar refractivity (Wildman–Crippen MR) is 231 cm³/mol.